The van der Waals surface area contributed by atoms with Crippen molar-refractivity contribution in [3.8, 4) is 0 Å². The number of aliphatic hydroxyl groups excluding tert-OH is 1. The second-order valence-corrected chi connectivity index (χ2v) is 4.31. The first-order chi connectivity index (χ1) is 6.75. The van der Waals surface area contributed by atoms with E-state index in [-0.39, 0.29) is 6.10 Å². The van der Waals surface area contributed by atoms with Crippen molar-refractivity contribution in [2.75, 3.05) is 20.3 Å². The molecule has 84 valence electrons. The van der Waals surface area contributed by atoms with Crippen LogP contribution >= 0.6 is 0 Å². The van der Waals surface area contributed by atoms with Gasteiger partial charge in [-0.1, -0.05) is 13.3 Å². The summed E-state index contributed by atoms with van der Waals surface area (Å²) in [4.78, 5) is 0. The first-order valence-corrected chi connectivity index (χ1v) is 5.66. The predicted octanol–water partition coefficient (Wildman–Crippen LogP) is 1.16. The van der Waals surface area contributed by atoms with Crippen molar-refractivity contribution in [1.29, 1.82) is 0 Å². The van der Waals surface area contributed by atoms with Crippen molar-refractivity contribution < 1.29 is 9.84 Å². The first-order valence-electron chi connectivity index (χ1n) is 5.66. The Balaban J connectivity index is 2.26. The first kappa shape index (κ1) is 12.0. The van der Waals surface area contributed by atoms with Crippen LogP contribution in [0.15, 0.2) is 0 Å². The van der Waals surface area contributed by atoms with Crippen LogP contribution in [0.25, 0.3) is 0 Å². The molecule has 3 atom stereocenters. The van der Waals surface area contributed by atoms with Crippen LogP contribution in [0.1, 0.15) is 32.6 Å². The van der Waals surface area contributed by atoms with E-state index in [4.69, 9.17) is 4.74 Å². The number of piperidine rings is 1. The summed E-state index contributed by atoms with van der Waals surface area (Å²) in [6, 6.07) is 0.301. The molecule has 0 bridgehead atoms. The van der Waals surface area contributed by atoms with E-state index in [1.165, 1.54) is 12.8 Å². The van der Waals surface area contributed by atoms with E-state index in [0.29, 0.717) is 12.0 Å². The summed E-state index contributed by atoms with van der Waals surface area (Å²) in [5, 5.41) is 13.4. The largest absolute Gasteiger partial charge is 0.391 e. The van der Waals surface area contributed by atoms with Crippen molar-refractivity contribution in [2.45, 2.75) is 44.8 Å². The standard InChI is InChI=1S/C11H23NO2/c1-9(6-8-14-2)11(13)10-5-3-4-7-12-10/h9-13H,3-8H2,1-2H3. The minimum absolute atomic E-state index is 0.217. The van der Waals surface area contributed by atoms with E-state index < -0.39 is 0 Å². The van der Waals surface area contributed by atoms with Crippen LogP contribution in [0, 0.1) is 5.92 Å². The van der Waals surface area contributed by atoms with Crippen LogP contribution in [0.3, 0.4) is 0 Å². The molecule has 1 rings (SSSR count). The summed E-state index contributed by atoms with van der Waals surface area (Å²) in [7, 11) is 1.71. The molecule has 0 saturated carbocycles. The summed E-state index contributed by atoms with van der Waals surface area (Å²) >= 11 is 0. The Labute approximate surface area is 86.8 Å². The average molecular weight is 201 g/mol. The highest BCUT2D eigenvalue weighted by atomic mass is 16.5. The Kier molecular flexibility index (Phi) is 5.45. The topological polar surface area (TPSA) is 41.5 Å². The normalized spacial score (nSPS) is 27.2. The van der Waals surface area contributed by atoms with Gasteiger partial charge in [-0.2, -0.15) is 0 Å². The van der Waals surface area contributed by atoms with Crippen LogP contribution in [0.2, 0.25) is 0 Å². The molecule has 3 unspecified atom stereocenters. The molecule has 0 aromatic heterocycles. The maximum absolute atomic E-state index is 10.1. The summed E-state index contributed by atoms with van der Waals surface area (Å²) < 4.78 is 5.02. The molecule has 0 amide bonds. The van der Waals surface area contributed by atoms with Gasteiger partial charge in [0.2, 0.25) is 0 Å². The Morgan fingerprint density at radius 3 is 2.86 bits per heavy atom. The zero-order valence-electron chi connectivity index (χ0n) is 9.33. The van der Waals surface area contributed by atoms with Gasteiger partial charge in [0.15, 0.2) is 0 Å². The summed E-state index contributed by atoms with van der Waals surface area (Å²) in [5.74, 6) is 0.325. The Bertz CT molecular complexity index is 146. The summed E-state index contributed by atoms with van der Waals surface area (Å²) in [5.41, 5.74) is 0. The molecule has 1 heterocycles. The third-order valence-electron chi connectivity index (χ3n) is 3.12. The minimum Gasteiger partial charge on any atom is -0.391 e. The molecule has 1 fully saturated rings. The quantitative estimate of drug-likeness (QED) is 0.701. The summed E-state index contributed by atoms with van der Waals surface area (Å²) in [6.45, 7) is 3.89. The molecule has 1 aliphatic heterocycles. The van der Waals surface area contributed by atoms with Crippen LogP contribution < -0.4 is 5.32 Å². The van der Waals surface area contributed by atoms with Crippen molar-refractivity contribution in [1.82, 2.24) is 5.32 Å². The molecule has 0 aliphatic carbocycles. The lowest BCUT2D eigenvalue weighted by Crippen LogP contribution is -2.46. The predicted molar refractivity (Wildman–Crippen MR) is 57.3 cm³/mol. The van der Waals surface area contributed by atoms with Gasteiger partial charge in [-0.15, -0.1) is 0 Å². The average Bonchev–Trinajstić information content (AvgIpc) is 2.26. The van der Waals surface area contributed by atoms with E-state index in [9.17, 15) is 5.11 Å². The number of hydrogen-bond donors (Lipinski definition) is 2. The molecule has 0 aromatic rings. The molecule has 1 saturated heterocycles. The number of hydrogen-bond acceptors (Lipinski definition) is 3. The highest BCUT2D eigenvalue weighted by molar-refractivity contribution is 4.82. The number of aliphatic hydroxyl groups is 1. The van der Waals surface area contributed by atoms with Crippen LogP contribution in [-0.4, -0.2) is 37.5 Å². The Morgan fingerprint density at radius 2 is 2.29 bits per heavy atom. The lowest BCUT2D eigenvalue weighted by molar-refractivity contribution is 0.0489. The highest BCUT2D eigenvalue weighted by Gasteiger charge is 2.25. The van der Waals surface area contributed by atoms with Gasteiger partial charge >= 0.3 is 0 Å². The maximum Gasteiger partial charge on any atom is 0.0719 e. The second-order valence-electron chi connectivity index (χ2n) is 4.31. The fraction of sp³-hybridized carbons (Fsp3) is 1.00. The molecule has 0 radical (unpaired) electrons. The molecule has 3 nitrogen and oxygen atoms in total. The lowest BCUT2D eigenvalue weighted by atomic mass is 9.90. The molecular formula is C11H23NO2. The van der Waals surface area contributed by atoms with E-state index >= 15 is 0 Å². The minimum atomic E-state index is -0.217. The summed E-state index contributed by atoms with van der Waals surface area (Å²) in [6.07, 6.45) is 4.32. The number of nitrogens with one attached hydrogen (secondary N) is 1. The third kappa shape index (κ3) is 3.56. The van der Waals surface area contributed by atoms with E-state index in [0.717, 1.165) is 26.0 Å². The third-order valence-corrected chi connectivity index (χ3v) is 3.12. The smallest absolute Gasteiger partial charge is 0.0719 e. The van der Waals surface area contributed by atoms with Gasteiger partial charge in [-0.05, 0) is 31.7 Å². The Hall–Kier alpha value is -0.120. The van der Waals surface area contributed by atoms with Gasteiger partial charge in [0.05, 0.1) is 6.10 Å². The molecule has 14 heavy (non-hydrogen) atoms. The zero-order chi connectivity index (χ0) is 10.4. The van der Waals surface area contributed by atoms with Gasteiger partial charge in [0, 0.05) is 19.8 Å². The molecular weight excluding hydrogens is 178 g/mol. The van der Waals surface area contributed by atoms with Crippen LogP contribution in [0.4, 0.5) is 0 Å². The van der Waals surface area contributed by atoms with Crippen LogP contribution in [-0.2, 0) is 4.74 Å². The molecule has 2 N–H and O–H groups in total. The Morgan fingerprint density at radius 1 is 1.50 bits per heavy atom. The van der Waals surface area contributed by atoms with Crippen molar-refractivity contribution in [3.63, 3.8) is 0 Å². The van der Waals surface area contributed by atoms with Crippen molar-refractivity contribution in [3.05, 3.63) is 0 Å². The fourth-order valence-corrected chi connectivity index (χ4v) is 2.04. The van der Waals surface area contributed by atoms with Crippen molar-refractivity contribution >= 4 is 0 Å². The number of ether oxygens (including phenoxy) is 1. The molecule has 1 aliphatic rings. The molecule has 3 heteroatoms. The fourth-order valence-electron chi connectivity index (χ4n) is 2.04. The molecule has 0 aromatic carbocycles. The van der Waals surface area contributed by atoms with Crippen LogP contribution in [0.5, 0.6) is 0 Å². The van der Waals surface area contributed by atoms with Gasteiger partial charge in [0.1, 0.15) is 0 Å². The number of methoxy groups -OCH3 is 1. The zero-order valence-corrected chi connectivity index (χ0v) is 9.33. The van der Waals surface area contributed by atoms with Gasteiger partial charge in [-0.25, -0.2) is 0 Å². The van der Waals surface area contributed by atoms with Gasteiger partial charge < -0.3 is 15.2 Å². The SMILES string of the molecule is COCCC(C)C(O)C1CCCCN1. The lowest BCUT2D eigenvalue weighted by Gasteiger charge is -2.31. The van der Waals surface area contributed by atoms with E-state index in [1.54, 1.807) is 7.11 Å². The highest BCUT2D eigenvalue weighted by Crippen LogP contribution is 2.18. The van der Waals surface area contributed by atoms with Crippen molar-refractivity contribution in [2.24, 2.45) is 5.92 Å². The van der Waals surface area contributed by atoms with Gasteiger partial charge in [-0.3, -0.25) is 0 Å². The monoisotopic (exact) mass is 201 g/mol. The number of rotatable bonds is 5. The second kappa shape index (κ2) is 6.38. The van der Waals surface area contributed by atoms with E-state index in [1.807, 2.05) is 0 Å². The maximum atomic E-state index is 10.1. The molecule has 0 spiro atoms. The van der Waals surface area contributed by atoms with Gasteiger partial charge in [0.25, 0.3) is 0 Å². The van der Waals surface area contributed by atoms with E-state index in [2.05, 4.69) is 12.2 Å².